The third-order valence-electron chi connectivity index (χ3n) is 5.39. The average Bonchev–Trinajstić information content (AvgIpc) is 2.85. The Hall–Kier alpha value is -0.800. The largest absolute Gasteiger partial charge is 0.465 e. The quantitative estimate of drug-likeness (QED) is 0.896. The van der Waals surface area contributed by atoms with E-state index >= 15 is 0 Å². The maximum Gasteiger partial charge on any atom is 0.118 e. The summed E-state index contributed by atoms with van der Waals surface area (Å²) in [6, 6.07) is 2.25. The molecule has 21 heavy (non-hydrogen) atoms. The van der Waals surface area contributed by atoms with Crippen molar-refractivity contribution in [2.45, 2.75) is 59.0 Å². The maximum atomic E-state index is 5.88. The van der Waals surface area contributed by atoms with Crippen molar-refractivity contribution in [3.63, 3.8) is 0 Å². The van der Waals surface area contributed by atoms with Crippen LogP contribution in [-0.4, -0.2) is 24.5 Å². The lowest BCUT2D eigenvalue weighted by atomic mass is 9.75. The summed E-state index contributed by atoms with van der Waals surface area (Å²) in [6.07, 6.45) is 7.27. The van der Waals surface area contributed by atoms with E-state index in [-0.39, 0.29) is 0 Å². The van der Waals surface area contributed by atoms with Crippen molar-refractivity contribution in [3.05, 3.63) is 23.2 Å². The summed E-state index contributed by atoms with van der Waals surface area (Å²) in [5, 5.41) is 3.34. The Morgan fingerprint density at radius 3 is 2.86 bits per heavy atom. The molecule has 0 radical (unpaired) electrons. The van der Waals surface area contributed by atoms with Crippen LogP contribution in [0, 0.1) is 18.8 Å². The standard InChI is InChI=1S/C18H30N2O/c1-3-19-11-18-10-17(14(2)21-18)13-20-9-8-15-6-4-5-7-16(15)12-20/h10,15-16,19H,3-9,11-13H2,1-2H3. The highest BCUT2D eigenvalue weighted by Crippen LogP contribution is 2.36. The molecule has 0 amide bonds. The monoisotopic (exact) mass is 290 g/mol. The molecule has 2 atom stereocenters. The average molecular weight is 290 g/mol. The van der Waals surface area contributed by atoms with Gasteiger partial charge in [0.2, 0.25) is 0 Å². The zero-order chi connectivity index (χ0) is 14.7. The Morgan fingerprint density at radius 1 is 1.24 bits per heavy atom. The molecule has 0 bridgehead atoms. The van der Waals surface area contributed by atoms with Crippen molar-refractivity contribution in [3.8, 4) is 0 Å². The van der Waals surface area contributed by atoms with Gasteiger partial charge in [0.05, 0.1) is 6.54 Å². The lowest BCUT2D eigenvalue weighted by Crippen LogP contribution is -2.41. The van der Waals surface area contributed by atoms with Crippen LogP contribution in [0.3, 0.4) is 0 Å². The van der Waals surface area contributed by atoms with Gasteiger partial charge in [-0.15, -0.1) is 0 Å². The second kappa shape index (κ2) is 6.97. The number of rotatable bonds is 5. The van der Waals surface area contributed by atoms with Gasteiger partial charge in [-0.2, -0.15) is 0 Å². The smallest absolute Gasteiger partial charge is 0.118 e. The van der Waals surface area contributed by atoms with E-state index < -0.39 is 0 Å². The number of piperidine rings is 1. The minimum absolute atomic E-state index is 0.849. The summed E-state index contributed by atoms with van der Waals surface area (Å²) in [5.74, 6) is 4.16. The first kappa shape index (κ1) is 15.1. The summed E-state index contributed by atoms with van der Waals surface area (Å²) in [5.41, 5.74) is 1.39. The van der Waals surface area contributed by atoms with Gasteiger partial charge in [-0.25, -0.2) is 0 Å². The summed E-state index contributed by atoms with van der Waals surface area (Å²) < 4.78 is 5.88. The highest BCUT2D eigenvalue weighted by atomic mass is 16.3. The lowest BCUT2D eigenvalue weighted by Gasteiger charge is -2.41. The lowest BCUT2D eigenvalue weighted by molar-refractivity contribution is 0.0817. The molecule has 3 heteroatoms. The van der Waals surface area contributed by atoms with E-state index in [0.29, 0.717) is 0 Å². The van der Waals surface area contributed by atoms with E-state index in [2.05, 4.69) is 30.1 Å². The zero-order valence-corrected chi connectivity index (χ0v) is 13.7. The maximum absolute atomic E-state index is 5.88. The van der Waals surface area contributed by atoms with E-state index in [4.69, 9.17) is 4.42 Å². The van der Waals surface area contributed by atoms with Crippen molar-refractivity contribution in [1.29, 1.82) is 0 Å². The Kier molecular flexibility index (Phi) is 5.02. The molecule has 1 N–H and O–H groups in total. The van der Waals surface area contributed by atoms with Crippen LogP contribution in [0.2, 0.25) is 0 Å². The molecule has 2 heterocycles. The fraction of sp³-hybridized carbons (Fsp3) is 0.778. The third kappa shape index (κ3) is 3.70. The first-order valence-electron chi connectivity index (χ1n) is 8.77. The van der Waals surface area contributed by atoms with E-state index in [1.807, 2.05) is 0 Å². The van der Waals surface area contributed by atoms with Crippen LogP contribution in [0.15, 0.2) is 10.5 Å². The first-order chi connectivity index (χ1) is 10.3. The van der Waals surface area contributed by atoms with Crippen LogP contribution in [-0.2, 0) is 13.1 Å². The highest BCUT2D eigenvalue weighted by Gasteiger charge is 2.31. The number of hydrogen-bond acceptors (Lipinski definition) is 3. The van der Waals surface area contributed by atoms with Crippen LogP contribution in [0.4, 0.5) is 0 Å². The van der Waals surface area contributed by atoms with Gasteiger partial charge in [0.25, 0.3) is 0 Å². The summed E-state index contributed by atoms with van der Waals surface area (Å²) in [6.45, 7) is 9.73. The normalized spacial score (nSPS) is 26.8. The van der Waals surface area contributed by atoms with Crippen molar-refractivity contribution in [2.75, 3.05) is 19.6 Å². The van der Waals surface area contributed by atoms with Crippen LogP contribution in [0.1, 0.15) is 56.1 Å². The molecule has 118 valence electrons. The molecule has 3 rings (SSSR count). The molecule has 3 nitrogen and oxygen atoms in total. The second-order valence-electron chi connectivity index (χ2n) is 6.90. The molecule has 1 aromatic heterocycles. The molecule has 0 spiro atoms. The number of likely N-dealkylation sites (tertiary alicyclic amines) is 1. The van der Waals surface area contributed by atoms with Gasteiger partial charge in [-0.1, -0.05) is 26.2 Å². The van der Waals surface area contributed by atoms with Crippen molar-refractivity contribution >= 4 is 0 Å². The van der Waals surface area contributed by atoms with Crippen LogP contribution >= 0.6 is 0 Å². The van der Waals surface area contributed by atoms with Gasteiger partial charge < -0.3 is 9.73 Å². The second-order valence-corrected chi connectivity index (χ2v) is 6.90. The summed E-state index contributed by atoms with van der Waals surface area (Å²) in [4.78, 5) is 2.65. The van der Waals surface area contributed by atoms with Crippen molar-refractivity contribution in [2.24, 2.45) is 11.8 Å². The van der Waals surface area contributed by atoms with E-state index in [9.17, 15) is 0 Å². The van der Waals surface area contributed by atoms with E-state index in [1.165, 1.54) is 50.8 Å². The molecule has 2 aliphatic rings. The van der Waals surface area contributed by atoms with Gasteiger partial charge in [0.1, 0.15) is 11.5 Å². The Bertz CT molecular complexity index is 454. The molecule has 1 aromatic rings. The number of aryl methyl sites for hydroxylation is 1. The highest BCUT2D eigenvalue weighted by molar-refractivity contribution is 5.21. The Morgan fingerprint density at radius 2 is 2.05 bits per heavy atom. The van der Waals surface area contributed by atoms with E-state index in [0.717, 1.165) is 43.0 Å². The summed E-state index contributed by atoms with van der Waals surface area (Å²) in [7, 11) is 0. The zero-order valence-electron chi connectivity index (χ0n) is 13.7. The summed E-state index contributed by atoms with van der Waals surface area (Å²) >= 11 is 0. The van der Waals surface area contributed by atoms with Crippen molar-refractivity contribution < 1.29 is 4.42 Å². The molecule has 2 unspecified atom stereocenters. The van der Waals surface area contributed by atoms with Crippen molar-refractivity contribution in [1.82, 2.24) is 10.2 Å². The number of nitrogens with zero attached hydrogens (tertiary/aromatic N) is 1. The molecule has 2 fully saturated rings. The first-order valence-corrected chi connectivity index (χ1v) is 8.77. The third-order valence-corrected chi connectivity index (χ3v) is 5.39. The molecule has 1 aliphatic heterocycles. The predicted octanol–water partition coefficient (Wildman–Crippen LogP) is 3.71. The number of nitrogens with one attached hydrogen (secondary N) is 1. The minimum atomic E-state index is 0.849. The molecular formula is C18H30N2O. The fourth-order valence-corrected chi connectivity index (χ4v) is 4.14. The number of hydrogen-bond donors (Lipinski definition) is 1. The fourth-order valence-electron chi connectivity index (χ4n) is 4.14. The topological polar surface area (TPSA) is 28.4 Å². The van der Waals surface area contributed by atoms with Gasteiger partial charge in [0, 0.05) is 18.7 Å². The SMILES string of the molecule is CCNCc1cc(CN2CCC3CCCCC3C2)c(C)o1. The number of fused-ring (bicyclic) bond motifs is 1. The molecule has 1 aliphatic carbocycles. The van der Waals surface area contributed by atoms with Crippen LogP contribution < -0.4 is 5.32 Å². The van der Waals surface area contributed by atoms with Gasteiger partial charge in [0.15, 0.2) is 0 Å². The van der Waals surface area contributed by atoms with Crippen LogP contribution in [0.5, 0.6) is 0 Å². The predicted molar refractivity (Wildman–Crippen MR) is 86.2 cm³/mol. The minimum Gasteiger partial charge on any atom is -0.465 e. The molecular weight excluding hydrogens is 260 g/mol. The van der Waals surface area contributed by atoms with Gasteiger partial charge in [-0.3, -0.25) is 4.90 Å². The van der Waals surface area contributed by atoms with Gasteiger partial charge >= 0.3 is 0 Å². The Labute approximate surface area is 129 Å². The molecule has 1 saturated carbocycles. The molecule has 1 saturated heterocycles. The van der Waals surface area contributed by atoms with E-state index in [1.54, 1.807) is 0 Å². The van der Waals surface area contributed by atoms with Crippen LogP contribution in [0.25, 0.3) is 0 Å². The molecule has 0 aromatic carbocycles. The van der Waals surface area contributed by atoms with Gasteiger partial charge in [-0.05, 0) is 50.8 Å². The Balaban J connectivity index is 1.57. The number of furan rings is 1.